The molecule has 2 rings (SSSR count). The molecule has 102 valence electrons. The molecule has 0 saturated carbocycles. The third-order valence-corrected chi connectivity index (χ3v) is 3.56. The Hall–Kier alpha value is -1.62. The number of rotatable bonds is 4. The van der Waals surface area contributed by atoms with Crippen molar-refractivity contribution < 1.29 is 4.79 Å². The molecule has 3 N–H and O–H groups in total. The van der Waals surface area contributed by atoms with Crippen molar-refractivity contribution in [2.24, 2.45) is 5.73 Å². The Morgan fingerprint density at radius 1 is 1.21 bits per heavy atom. The number of thiocarbonyl (C=S) groups is 1. The summed E-state index contributed by atoms with van der Waals surface area (Å²) in [5, 5.41) is 3.13. The summed E-state index contributed by atoms with van der Waals surface area (Å²) in [5.41, 5.74) is 7.28. The lowest BCUT2D eigenvalue weighted by Crippen LogP contribution is -2.39. The van der Waals surface area contributed by atoms with Gasteiger partial charge in [-0.2, -0.15) is 0 Å². The van der Waals surface area contributed by atoms with E-state index in [-0.39, 0.29) is 5.91 Å². The molecule has 1 heterocycles. The molecular formula is C14H19N3OS. The van der Waals surface area contributed by atoms with E-state index in [0.717, 1.165) is 37.2 Å². The van der Waals surface area contributed by atoms with E-state index < -0.39 is 0 Å². The molecule has 1 aliphatic rings. The molecule has 0 radical (unpaired) electrons. The molecule has 19 heavy (non-hydrogen) atoms. The van der Waals surface area contributed by atoms with Crippen LogP contribution in [0.5, 0.6) is 0 Å². The van der Waals surface area contributed by atoms with E-state index in [9.17, 15) is 4.79 Å². The van der Waals surface area contributed by atoms with Crippen molar-refractivity contribution in [1.82, 2.24) is 4.90 Å². The first-order chi connectivity index (χ1) is 9.16. The van der Waals surface area contributed by atoms with Crippen molar-refractivity contribution >= 4 is 28.8 Å². The quantitative estimate of drug-likeness (QED) is 0.823. The molecule has 1 aliphatic heterocycles. The average molecular weight is 277 g/mol. The van der Waals surface area contributed by atoms with Crippen LogP contribution >= 0.6 is 12.2 Å². The maximum atomic E-state index is 12.0. The summed E-state index contributed by atoms with van der Waals surface area (Å²) in [6.45, 7) is 2.12. The van der Waals surface area contributed by atoms with Gasteiger partial charge in [-0.25, -0.2) is 0 Å². The number of nitrogens with two attached hydrogens (primary N) is 1. The second-order valence-corrected chi connectivity index (χ2v) is 5.18. The zero-order valence-electron chi connectivity index (χ0n) is 10.9. The molecule has 0 aliphatic carbocycles. The zero-order chi connectivity index (χ0) is 13.7. The monoisotopic (exact) mass is 277 g/mol. The molecular weight excluding hydrogens is 258 g/mol. The lowest BCUT2D eigenvalue weighted by molar-refractivity contribution is -0.130. The lowest BCUT2D eigenvalue weighted by Gasteiger charge is -2.26. The van der Waals surface area contributed by atoms with Crippen molar-refractivity contribution in [2.45, 2.75) is 19.3 Å². The Kier molecular flexibility index (Phi) is 4.74. The highest BCUT2D eigenvalue weighted by atomic mass is 32.1. The third kappa shape index (κ3) is 3.92. The highest BCUT2D eigenvalue weighted by Crippen LogP contribution is 2.11. The van der Waals surface area contributed by atoms with Crippen molar-refractivity contribution in [3.8, 4) is 0 Å². The van der Waals surface area contributed by atoms with E-state index in [1.165, 1.54) is 6.42 Å². The zero-order valence-corrected chi connectivity index (χ0v) is 11.7. The number of piperidine rings is 1. The summed E-state index contributed by atoms with van der Waals surface area (Å²) >= 11 is 4.89. The van der Waals surface area contributed by atoms with Crippen LogP contribution in [0.4, 0.5) is 5.69 Å². The van der Waals surface area contributed by atoms with E-state index in [1.807, 2.05) is 29.2 Å². The van der Waals surface area contributed by atoms with Gasteiger partial charge in [-0.15, -0.1) is 0 Å². The Bertz CT molecular complexity index is 452. The number of benzene rings is 1. The Morgan fingerprint density at radius 3 is 2.42 bits per heavy atom. The number of hydrogen-bond acceptors (Lipinski definition) is 3. The third-order valence-electron chi connectivity index (χ3n) is 3.32. The Labute approximate surface area is 119 Å². The van der Waals surface area contributed by atoms with E-state index in [2.05, 4.69) is 5.32 Å². The minimum atomic E-state index is 0.165. The minimum Gasteiger partial charge on any atom is -0.389 e. The van der Waals surface area contributed by atoms with Gasteiger partial charge in [-0.3, -0.25) is 4.79 Å². The van der Waals surface area contributed by atoms with Crippen LogP contribution in [0.25, 0.3) is 0 Å². The molecule has 0 spiro atoms. The van der Waals surface area contributed by atoms with Crippen LogP contribution in [0.2, 0.25) is 0 Å². The van der Waals surface area contributed by atoms with Gasteiger partial charge < -0.3 is 16.0 Å². The molecule has 0 unspecified atom stereocenters. The maximum absolute atomic E-state index is 12.0. The van der Waals surface area contributed by atoms with Crippen LogP contribution in [0.15, 0.2) is 24.3 Å². The predicted molar refractivity (Wildman–Crippen MR) is 81.3 cm³/mol. The summed E-state index contributed by atoms with van der Waals surface area (Å²) in [7, 11) is 0. The van der Waals surface area contributed by atoms with Gasteiger partial charge in [0, 0.05) is 24.3 Å². The largest absolute Gasteiger partial charge is 0.389 e. The van der Waals surface area contributed by atoms with E-state index in [1.54, 1.807) is 0 Å². The summed E-state index contributed by atoms with van der Waals surface area (Å²) in [5.74, 6) is 0.165. The number of anilines is 1. The highest BCUT2D eigenvalue weighted by Gasteiger charge is 2.15. The fourth-order valence-electron chi connectivity index (χ4n) is 2.19. The first-order valence-electron chi connectivity index (χ1n) is 6.58. The number of likely N-dealkylation sites (tertiary alicyclic amines) is 1. The van der Waals surface area contributed by atoms with Gasteiger partial charge in [-0.1, -0.05) is 12.2 Å². The molecule has 1 saturated heterocycles. The normalized spacial score (nSPS) is 15.1. The van der Waals surface area contributed by atoms with E-state index in [0.29, 0.717) is 11.5 Å². The standard InChI is InChI=1S/C14H19N3OS/c15-14(19)11-4-6-12(7-5-11)16-10-13(18)17-8-2-1-3-9-17/h4-7,16H,1-3,8-10H2,(H2,15,19). The van der Waals surface area contributed by atoms with Gasteiger partial charge in [0.2, 0.25) is 5.91 Å². The van der Waals surface area contributed by atoms with Crippen molar-refractivity contribution in [2.75, 3.05) is 25.0 Å². The summed E-state index contributed by atoms with van der Waals surface area (Å²) in [6.07, 6.45) is 3.47. The number of amides is 1. The number of carbonyl (C=O) groups excluding carboxylic acids is 1. The van der Waals surface area contributed by atoms with Crippen molar-refractivity contribution in [3.05, 3.63) is 29.8 Å². The fourth-order valence-corrected chi connectivity index (χ4v) is 2.32. The molecule has 1 aromatic rings. The van der Waals surface area contributed by atoms with Gasteiger partial charge in [0.15, 0.2) is 0 Å². The average Bonchev–Trinajstić information content (AvgIpc) is 2.46. The maximum Gasteiger partial charge on any atom is 0.241 e. The number of carbonyl (C=O) groups is 1. The van der Waals surface area contributed by atoms with Crippen LogP contribution in [-0.4, -0.2) is 35.4 Å². The topological polar surface area (TPSA) is 58.4 Å². The number of nitrogens with one attached hydrogen (secondary N) is 1. The Balaban J connectivity index is 1.84. The van der Waals surface area contributed by atoms with E-state index >= 15 is 0 Å². The molecule has 0 bridgehead atoms. The van der Waals surface area contributed by atoms with Crippen LogP contribution in [0.3, 0.4) is 0 Å². The predicted octanol–water partition coefficient (Wildman–Crippen LogP) is 1.75. The smallest absolute Gasteiger partial charge is 0.241 e. The Morgan fingerprint density at radius 2 is 1.84 bits per heavy atom. The van der Waals surface area contributed by atoms with Gasteiger partial charge in [-0.05, 0) is 43.5 Å². The summed E-state index contributed by atoms with van der Waals surface area (Å²) in [6, 6.07) is 7.49. The molecule has 1 fully saturated rings. The van der Waals surface area contributed by atoms with Crippen LogP contribution in [0, 0.1) is 0 Å². The van der Waals surface area contributed by atoms with Crippen LogP contribution in [-0.2, 0) is 4.79 Å². The van der Waals surface area contributed by atoms with Gasteiger partial charge in [0.1, 0.15) is 4.99 Å². The number of hydrogen-bond donors (Lipinski definition) is 2. The van der Waals surface area contributed by atoms with Crippen molar-refractivity contribution in [3.63, 3.8) is 0 Å². The van der Waals surface area contributed by atoms with Crippen LogP contribution in [0.1, 0.15) is 24.8 Å². The first kappa shape index (κ1) is 13.8. The summed E-state index contributed by atoms with van der Waals surface area (Å²) in [4.78, 5) is 14.3. The number of nitrogens with zero attached hydrogens (tertiary/aromatic N) is 1. The van der Waals surface area contributed by atoms with Gasteiger partial charge in [0.05, 0.1) is 6.54 Å². The van der Waals surface area contributed by atoms with Crippen molar-refractivity contribution in [1.29, 1.82) is 0 Å². The second-order valence-electron chi connectivity index (χ2n) is 4.74. The molecule has 0 atom stereocenters. The summed E-state index contributed by atoms with van der Waals surface area (Å²) < 4.78 is 0. The lowest BCUT2D eigenvalue weighted by atomic mass is 10.1. The molecule has 5 heteroatoms. The first-order valence-corrected chi connectivity index (χ1v) is 6.99. The van der Waals surface area contributed by atoms with Crippen LogP contribution < -0.4 is 11.1 Å². The van der Waals surface area contributed by atoms with Gasteiger partial charge in [0.25, 0.3) is 0 Å². The SMILES string of the molecule is NC(=S)c1ccc(NCC(=O)N2CCCCC2)cc1. The fraction of sp³-hybridized carbons (Fsp3) is 0.429. The van der Waals surface area contributed by atoms with E-state index in [4.69, 9.17) is 18.0 Å². The second kappa shape index (κ2) is 6.52. The molecule has 1 amide bonds. The highest BCUT2D eigenvalue weighted by molar-refractivity contribution is 7.80. The molecule has 0 aromatic heterocycles. The molecule has 1 aromatic carbocycles. The minimum absolute atomic E-state index is 0.165. The van der Waals surface area contributed by atoms with Gasteiger partial charge >= 0.3 is 0 Å². The molecule has 4 nitrogen and oxygen atoms in total.